The second-order valence-corrected chi connectivity index (χ2v) is 7.66. The maximum Gasteiger partial charge on any atom is 0.234 e. The highest BCUT2D eigenvalue weighted by Crippen LogP contribution is 2.30. The zero-order chi connectivity index (χ0) is 23.1. The van der Waals surface area contributed by atoms with Gasteiger partial charge in [-0.2, -0.15) is 0 Å². The van der Waals surface area contributed by atoms with Crippen molar-refractivity contribution in [1.82, 2.24) is 14.8 Å². The van der Waals surface area contributed by atoms with Crippen LogP contribution in [-0.2, 0) is 16.1 Å². The molecule has 0 spiro atoms. The second kappa shape index (κ2) is 10.7. The van der Waals surface area contributed by atoms with Crippen molar-refractivity contribution in [3.05, 3.63) is 42.5 Å². The van der Waals surface area contributed by atoms with Crippen LogP contribution in [0.25, 0.3) is 11.4 Å². The van der Waals surface area contributed by atoms with Crippen molar-refractivity contribution in [1.29, 1.82) is 0 Å². The van der Waals surface area contributed by atoms with Gasteiger partial charge in [0.2, 0.25) is 11.8 Å². The highest BCUT2D eigenvalue weighted by molar-refractivity contribution is 7.99. The predicted molar refractivity (Wildman–Crippen MR) is 124 cm³/mol. The van der Waals surface area contributed by atoms with Crippen LogP contribution in [-0.4, -0.2) is 46.6 Å². The average molecular weight is 456 g/mol. The fourth-order valence-electron chi connectivity index (χ4n) is 3.06. The quantitative estimate of drug-likeness (QED) is 0.474. The molecule has 0 radical (unpaired) electrons. The van der Waals surface area contributed by atoms with Gasteiger partial charge in [-0.3, -0.25) is 9.59 Å². The lowest BCUT2D eigenvalue weighted by Gasteiger charge is -2.12. The monoisotopic (exact) mass is 455 g/mol. The van der Waals surface area contributed by atoms with Crippen LogP contribution >= 0.6 is 11.8 Å². The maximum absolute atomic E-state index is 12.6. The number of methoxy groups -OCH3 is 2. The van der Waals surface area contributed by atoms with E-state index in [4.69, 9.17) is 9.47 Å². The molecule has 1 aromatic heterocycles. The summed E-state index contributed by atoms with van der Waals surface area (Å²) in [6.07, 6.45) is 0. The Balaban J connectivity index is 1.72. The van der Waals surface area contributed by atoms with Gasteiger partial charge in [0.15, 0.2) is 11.0 Å². The highest BCUT2D eigenvalue weighted by Gasteiger charge is 2.16. The van der Waals surface area contributed by atoms with Crippen LogP contribution in [0.1, 0.15) is 13.8 Å². The van der Waals surface area contributed by atoms with Gasteiger partial charge in [0, 0.05) is 30.8 Å². The van der Waals surface area contributed by atoms with Crippen LogP contribution in [0.2, 0.25) is 0 Å². The summed E-state index contributed by atoms with van der Waals surface area (Å²) in [5.41, 5.74) is 2.04. The number of nitrogens with one attached hydrogen (secondary N) is 2. The highest BCUT2D eigenvalue weighted by atomic mass is 32.2. The summed E-state index contributed by atoms with van der Waals surface area (Å²) in [4.78, 5) is 23.9. The molecule has 2 N–H and O–H groups in total. The molecule has 0 bridgehead atoms. The molecule has 168 valence electrons. The molecule has 2 amide bonds. The topological polar surface area (TPSA) is 107 Å². The van der Waals surface area contributed by atoms with Gasteiger partial charge in [-0.05, 0) is 31.2 Å². The number of rotatable bonds is 9. The fraction of sp³-hybridized carbons (Fsp3) is 0.273. The van der Waals surface area contributed by atoms with Gasteiger partial charge >= 0.3 is 0 Å². The molecule has 0 fully saturated rings. The first kappa shape index (κ1) is 23.1. The van der Waals surface area contributed by atoms with Crippen LogP contribution in [0.4, 0.5) is 11.4 Å². The smallest absolute Gasteiger partial charge is 0.234 e. The molecule has 0 unspecified atom stereocenters. The average Bonchev–Trinajstić information content (AvgIpc) is 3.20. The number of nitrogens with zero attached hydrogens (tertiary/aromatic N) is 3. The Morgan fingerprint density at radius 3 is 2.56 bits per heavy atom. The Morgan fingerprint density at radius 1 is 1.06 bits per heavy atom. The summed E-state index contributed by atoms with van der Waals surface area (Å²) < 4.78 is 12.4. The number of ether oxygens (including phenoxy) is 2. The van der Waals surface area contributed by atoms with E-state index in [0.717, 1.165) is 5.56 Å². The Morgan fingerprint density at radius 2 is 1.88 bits per heavy atom. The van der Waals surface area contributed by atoms with Crippen LogP contribution in [0.15, 0.2) is 47.6 Å². The largest absolute Gasteiger partial charge is 0.497 e. The second-order valence-electron chi connectivity index (χ2n) is 6.72. The van der Waals surface area contributed by atoms with Crippen LogP contribution in [0.3, 0.4) is 0 Å². The molecule has 0 aliphatic heterocycles. The van der Waals surface area contributed by atoms with Crippen LogP contribution < -0.4 is 20.1 Å². The van der Waals surface area contributed by atoms with Gasteiger partial charge in [-0.15, -0.1) is 10.2 Å². The summed E-state index contributed by atoms with van der Waals surface area (Å²) in [5, 5.41) is 14.8. The van der Waals surface area contributed by atoms with E-state index < -0.39 is 0 Å². The number of amides is 2. The number of carbonyl (C=O) groups is 2. The maximum atomic E-state index is 12.6. The third-order valence-electron chi connectivity index (χ3n) is 4.49. The lowest BCUT2D eigenvalue weighted by atomic mass is 10.2. The number of thioether (sulfide) groups is 1. The minimum atomic E-state index is -0.207. The fourth-order valence-corrected chi connectivity index (χ4v) is 3.86. The molecule has 9 nitrogen and oxygen atoms in total. The minimum absolute atomic E-state index is 0.143. The molecular formula is C22H25N5O4S. The van der Waals surface area contributed by atoms with E-state index in [9.17, 15) is 9.59 Å². The lowest BCUT2D eigenvalue weighted by molar-refractivity contribution is -0.114. The van der Waals surface area contributed by atoms with E-state index >= 15 is 0 Å². The Kier molecular flexibility index (Phi) is 7.72. The van der Waals surface area contributed by atoms with Crippen molar-refractivity contribution in [2.24, 2.45) is 0 Å². The van der Waals surface area contributed by atoms with E-state index in [1.807, 2.05) is 35.8 Å². The number of carbonyl (C=O) groups excluding carboxylic acids is 2. The standard InChI is InChI=1S/C22H25N5O4S/c1-5-27-21(15-7-6-8-16(11-15)23-14(2)28)25-26-22(27)32-13-20(29)24-18-12-17(30-3)9-10-19(18)31-4/h6-12H,5,13H2,1-4H3,(H,23,28)(H,24,29). The van der Waals surface area contributed by atoms with E-state index in [0.29, 0.717) is 40.4 Å². The number of anilines is 2. The zero-order valence-corrected chi connectivity index (χ0v) is 19.2. The summed E-state index contributed by atoms with van der Waals surface area (Å²) in [5.74, 6) is 1.62. The van der Waals surface area contributed by atoms with Gasteiger partial charge in [0.05, 0.1) is 25.7 Å². The summed E-state index contributed by atoms with van der Waals surface area (Å²) in [6, 6.07) is 12.6. The molecule has 10 heteroatoms. The first-order chi connectivity index (χ1) is 15.4. The molecular weight excluding hydrogens is 430 g/mol. The Labute approximate surface area is 190 Å². The Hall–Kier alpha value is -3.53. The van der Waals surface area contributed by atoms with Gasteiger partial charge in [-0.25, -0.2) is 0 Å². The summed E-state index contributed by atoms with van der Waals surface area (Å²) in [6.45, 7) is 4.07. The molecule has 0 aliphatic rings. The van der Waals surface area contributed by atoms with Gasteiger partial charge < -0.3 is 24.7 Å². The summed E-state index contributed by atoms with van der Waals surface area (Å²) >= 11 is 1.29. The molecule has 0 atom stereocenters. The number of hydrogen-bond donors (Lipinski definition) is 2. The number of hydrogen-bond acceptors (Lipinski definition) is 7. The molecule has 0 saturated heterocycles. The van der Waals surface area contributed by atoms with Crippen molar-refractivity contribution in [2.75, 3.05) is 30.6 Å². The van der Waals surface area contributed by atoms with E-state index in [-0.39, 0.29) is 17.6 Å². The van der Waals surface area contributed by atoms with Crippen LogP contribution in [0, 0.1) is 0 Å². The normalized spacial score (nSPS) is 10.5. The minimum Gasteiger partial charge on any atom is -0.497 e. The number of benzene rings is 2. The van der Waals surface area contributed by atoms with E-state index in [1.54, 1.807) is 32.4 Å². The van der Waals surface area contributed by atoms with Crippen molar-refractivity contribution in [3.8, 4) is 22.9 Å². The first-order valence-corrected chi connectivity index (χ1v) is 10.9. The molecule has 3 aromatic rings. The van der Waals surface area contributed by atoms with E-state index in [2.05, 4.69) is 20.8 Å². The molecule has 0 aliphatic carbocycles. The van der Waals surface area contributed by atoms with Crippen molar-refractivity contribution in [3.63, 3.8) is 0 Å². The van der Waals surface area contributed by atoms with Gasteiger partial charge in [0.1, 0.15) is 11.5 Å². The zero-order valence-electron chi connectivity index (χ0n) is 18.3. The van der Waals surface area contributed by atoms with Crippen molar-refractivity contribution in [2.45, 2.75) is 25.5 Å². The van der Waals surface area contributed by atoms with Gasteiger partial charge in [0.25, 0.3) is 0 Å². The third-order valence-corrected chi connectivity index (χ3v) is 5.45. The van der Waals surface area contributed by atoms with E-state index in [1.165, 1.54) is 18.7 Å². The molecule has 1 heterocycles. The SMILES string of the molecule is CCn1c(SCC(=O)Nc2cc(OC)ccc2OC)nnc1-c1cccc(NC(C)=O)c1. The third kappa shape index (κ3) is 5.58. The van der Waals surface area contributed by atoms with Crippen molar-refractivity contribution >= 4 is 35.0 Å². The number of aromatic nitrogens is 3. The molecule has 0 saturated carbocycles. The van der Waals surface area contributed by atoms with Gasteiger partial charge in [-0.1, -0.05) is 23.9 Å². The summed E-state index contributed by atoms with van der Waals surface area (Å²) in [7, 11) is 3.10. The molecule has 2 aromatic carbocycles. The first-order valence-electron chi connectivity index (χ1n) is 9.91. The van der Waals surface area contributed by atoms with Crippen molar-refractivity contribution < 1.29 is 19.1 Å². The van der Waals surface area contributed by atoms with Crippen LogP contribution in [0.5, 0.6) is 11.5 Å². The Bertz CT molecular complexity index is 1120. The molecule has 32 heavy (non-hydrogen) atoms. The molecule has 3 rings (SSSR count). The lowest BCUT2D eigenvalue weighted by Crippen LogP contribution is -2.15. The predicted octanol–water partition coefficient (Wildman–Crippen LogP) is 3.67.